The highest BCUT2D eigenvalue weighted by atomic mass is 15.1. The molecule has 0 bridgehead atoms. The molecule has 1 fully saturated rings. The predicted octanol–water partition coefficient (Wildman–Crippen LogP) is 2.23. The van der Waals surface area contributed by atoms with Gasteiger partial charge in [0.05, 0.1) is 0 Å². The van der Waals surface area contributed by atoms with Gasteiger partial charge in [-0.05, 0) is 50.5 Å². The van der Waals surface area contributed by atoms with E-state index in [0.717, 1.165) is 12.2 Å². The highest BCUT2D eigenvalue weighted by molar-refractivity contribution is 5.46. The Bertz CT molecular complexity index is 357. The Hall–Kier alpha value is -1.06. The van der Waals surface area contributed by atoms with Gasteiger partial charge in [0.15, 0.2) is 0 Å². The van der Waals surface area contributed by atoms with Crippen molar-refractivity contribution in [2.45, 2.75) is 38.8 Å². The second kappa shape index (κ2) is 6.76. The molecule has 18 heavy (non-hydrogen) atoms. The number of piperidine rings is 1. The highest BCUT2D eigenvalue weighted by Gasteiger charge is 2.17. The number of hydrogen-bond donors (Lipinski definition) is 2. The molecule has 1 aromatic rings. The first-order valence-corrected chi connectivity index (χ1v) is 7.08. The van der Waals surface area contributed by atoms with Crippen LogP contribution in [-0.4, -0.2) is 30.6 Å². The van der Waals surface area contributed by atoms with Crippen molar-refractivity contribution in [1.82, 2.24) is 10.2 Å². The van der Waals surface area contributed by atoms with E-state index in [4.69, 9.17) is 5.73 Å². The zero-order valence-corrected chi connectivity index (χ0v) is 11.4. The first kappa shape index (κ1) is 13.4. The third kappa shape index (κ3) is 3.72. The molecule has 3 heteroatoms. The number of nitrogen functional groups attached to an aromatic ring is 1. The van der Waals surface area contributed by atoms with Crippen LogP contribution in [0.2, 0.25) is 0 Å². The van der Waals surface area contributed by atoms with Gasteiger partial charge in [-0.2, -0.15) is 0 Å². The van der Waals surface area contributed by atoms with E-state index in [-0.39, 0.29) is 0 Å². The summed E-state index contributed by atoms with van der Waals surface area (Å²) in [6.07, 6.45) is 3.78. The van der Waals surface area contributed by atoms with Gasteiger partial charge in [-0.1, -0.05) is 25.1 Å². The fraction of sp³-hybridized carbons (Fsp3) is 0.600. The summed E-state index contributed by atoms with van der Waals surface area (Å²) in [6.45, 7) is 6.86. The van der Waals surface area contributed by atoms with Gasteiger partial charge in [0, 0.05) is 18.3 Å². The standard InChI is InChI=1S/C15H25N3/c1-2-9-18-10-7-14(8-11-18)17-12-13-5-3-4-6-15(13)16/h3-6,14,17H,2,7-12,16H2,1H3. The van der Waals surface area contributed by atoms with E-state index in [0.29, 0.717) is 6.04 Å². The van der Waals surface area contributed by atoms with Crippen LogP contribution < -0.4 is 11.1 Å². The summed E-state index contributed by atoms with van der Waals surface area (Å²) in [5, 5.41) is 3.63. The second-order valence-electron chi connectivity index (χ2n) is 5.20. The number of nitrogens with two attached hydrogens (primary N) is 1. The summed E-state index contributed by atoms with van der Waals surface area (Å²) in [5.74, 6) is 0. The summed E-state index contributed by atoms with van der Waals surface area (Å²) in [6, 6.07) is 8.77. The molecule has 2 rings (SSSR count). The number of hydrogen-bond acceptors (Lipinski definition) is 3. The maximum atomic E-state index is 5.95. The van der Waals surface area contributed by atoms with Gasteiger partial charge in [0.1, 0.15) is 0 Å². The van der Waals surface area contributed by atoms with Crippen molar-refractivity contribution in [3.8, 4) is 0 Å². The van der Waals surface area contributed by atoms with Crippen molar-refractivity contribution in [1.29, 1.82) is 0 Å². The number of benzene rings is 1. The molecule has 0 aliphatic carbocycles. The monoisotopic (exact) mass is 247 g/mol. The van der Waals surface area contributed by atoms with Crippen LogP contribution in [0, 0.1) is 0 Å². The lowest BCUT2D eigenvalue weighted by atomic mass is 10.0. The molecule has 3 N–H and O–H groups in total. The van der Waals surface area contributed by atoms with Gasteiger partial charge in [-0.3, -0.25) is 0 Å². The molecule has 3 nitrogen and oxygen atoms in total. The molecule has 1 aliphatic rings. The van der Waals surface area contributed by atoms with Crippen LogP contribution in [0.3, 0.4) is 0 Å². The highest BCUT2D eigenvalue weighted by Crippen LogP contribution is 2.14. The summed E-state index contributed by atoms with van der Waals surface area (Å²) in [7, 11) is 0. The van der Waals surface area contributed by atoms with Crippen molar-refractivity contribution < 1.29 is 0 Å². The van der Waals surface area contributed by atoms with Crippen molar-refractivity contribution >= 4 is 5.69 Å². The molecule has 1 aromatic carbocycles. The fourth-order valence-corrected chi connectivity index (χ4v) is 2.63. The van der Waals surface area contributed by atoms with Crippen LogP contribution in [0.5, 0.6) is 0 Å². The van der Waals surface area contributed by atoms with Gasteiger partial charge in [-0.25, -0.2) is 0 Å². The molecular formula is C15H25N3. The lowest BCUT2D eigenvalue weighted by molar-refractivity contribution is 0.197. The van der Waals surface area contributed by atoms with Crippen LogP contribution in [0.25, 0.3) is 0 Å². The Morgan fingerprint density at radius 1 is 1.28 bits per heavy atom. The summed E-state index contributed by atoms with van der Waals surface area (Å²) in [4.78, 5) is 2.56. The van der Waals surface area contributed by atoms with Crippen LogP contribution in [0.15, 0.2) is 24.3 Å². The van der Waals surface area contributed by atoms with Crippen molar-refractivity contribution in [2.75, 3.05) is 25.4 Å². The van der Waals surface area contributed by atoms with E-state index in [1.54, 1.807) is 0 Å². The lowest BCUT2D eigenvalue weighted by Gasteiger charge is -2.32. The molecule has 1 aliphatic heterocycles. The van der Waals surface area contributed by atoms with E-state index in [2.05, 4.69) is 29.3 Å². The third-order valence-electron chi connectivity index (χ3n) is 3.76. The zero-order chi connectivity index (χ0) is 12.8. The molecular weight excluding hydrogens is 222 g/mol. The average molecular weight is 247 g/mol. The molecule has 0 saturated carbocycles. The van der Waals surface area contributed by atoms with Crippen LogP contribution in [-0.2, 0) is 6.54 Å². The van der Waals surface area contributed by atoms with Crippen molar-refractivity contribution in [3.05, 3.63) is 29.8 Å². The Kier molecular flexibility index (Phi) is 5.02. The largest absolute Gasteiger partial charge is 0.398 e. The molecule has 100 valence electrons. The normalized spacial score (nSPS) is 18.1. The first-order valence-electron chi connectivity index (χ1n) is 7.08. The number of likely N-dealkylation sites (tertiary alicyclic amines) is 1. The van der Waals surface area contributed by atoms with Crippen molar-refractivity contribution in [2.24, 2.45) is 0 Å². The smallest absolute Gasteiger partial charge is 0.0359 e. The van der Waals surface area contributed by atoms with Gasteiger partial charge in [0.25, 0.3) is 0 Å². The maximum Gasteiger partial charge on any atom is 0.0359 e. The minimum atomic E-state index is 0.651. The topological polar surface area (TPSA) is 41.3 Å². The molecule has 0 unspecified atom stereocenters. The number of para-hydroxylation sites is 1. The predicted molar refractivity (Wildman–Crippen MR) is 77.4 cm³/mol. The number of nitrogens with one attached hydrogen (secondary N) is 1. The van der Waals surface area contributed by atoms with Crippen LogP contribution in [0.4, 0.5) is 5.69 Å². The minimum absolute atomic E-state index is 0.651. The van der Waals surface area contributed by atoms with Gasteiger partial charge in [-0.15, -0.1) is 0 Å². The molecule has 0 atom stereocenters. The molecule has 0 spiro atoms. The van der Waals surface area contributed by atoms with E-state index >= 15 is 0 Å². The van der Waals surface area contributed by atoms with Crippen LogP contribution >= 0.6 is 0 Å². The average Bonchev–Trinajstić information content (AvgIpc) is 2.40. The Morgan fingerprint density at radius 2 is 2.00 bits per heavy atom. The fourth-order valence-electron chi connectivity index (χ4n) is 2.63. The van der Waals surface area contributed by atoms with Gasteiger partial charge < -0.3 is 16.0 Å². The van der Waals surface area contributed by atoms with E-state index in [9.17, 15) is 0 Å². The molecule has 0 radical (unpaired) electrons. The second-order valence-corrected chi connectivity index (χ2v) is 5.20. The quantitative estimate of drug-likeness (QED) is 0.784. The summed E-state index contributed by atoms with van der Waals surface area (Å²) < 4.78 is 0. The lowest BCUT2D eigenvalue weighted by Crippen LogP contribution is -2.42. The van der Waals surface area contributed by atoms with E-state index in [1.807, 2.05) is 12.1 Å². The van der Waals surface area contributed by atoms with Crippen LogP contribution in [0.1, 0.15) is 31.7 Å². The Balaban J connectivity index is 1.74. The number of rotatable bonds is 5. The summed E-state index contributed by atoms with van der Waals surface area (Å²) in [5.41, 5.74) is 8.06. The van der Waals surface area contributed by atoms with E-state index in [1.165, 1.54) is 44.5 Å². The Labute approximate surface area is 110 Å². The zero-order valence-electron chi connectivity index (χ0n) is 11.4. The molecule has 1 heterocycles. The third-order valence-corrected chi connectivity index (χ3v) is 3.76. The van der Waals surface area contributed by atoms with Gasteiger partial charge >= 0.3 is 0 Å². The van der Waals surface area contributed by atoms with Gasteiger partial charge in [0.2, 0.25) is 0 Å². The number of nitrogens with zero attached hydrogens (tertiary/aromatic N) is 1. The first-order chi connectivity index (χ1) is 8.79. The van der Waals surface area contributed by atoms with E-state index < -0.39 is 0 Å². The Morgan fingerprint density at radius 3 is 2.67 bits per heavy atom. The molecule has 0 aromatic heterocycles. The SMILES string of the molecule is CCCN1CCC(NCc2ccccc2N)CC1. The molecule has 1 saturated heterocycles. The number of anilines is 1. The summed E-state index contributed by atoms with van der Waals surface area (Å²) >= 11 is 0. The van der Waals surface area contributed by atoms with Crippen molar-refractivity contribution in [3.63, 3.8) is 0 Å². The minimum Gasteiger partial charge on any atom is -0.398 e. The maximum absolute atomic E-state index is 5.95. The molecule has 0 amide bonds.